The number of carboxylic acid groups (broad SMARTS) is 1. The monoisotopic (exact) mass is 281 g/mol. The molecule has 0 aliphatic carbocycles. The minimum absolute atomic E-state index is 0.0259. The van der Waals surface area contributed by atoms with Crippen molar-refractivity contribution in [3.8, 4) is 5.88 Å². The van der Waals surface area contributed by atoms with Crippen molar-refractivity contribution in [1.82, 2.24) is 9.97 Å². The van der Waals surface area contributed by atoms with Crippen LogP contribution in [0.5, 0.6) is 5.88 Å². The molecule has 1 unspecified atom stereocenters. The van der Waals surface area contributed by atoms with Crippen molar-refractivity contribution >= 4 is 11.8 Å². The molecular weight excluding hydrogens is 258 g/mol. The van der Waals surface area contributed by atoms with E-state index in [-0.39, 0.29) is 17.9 Å². The zero-order valence-corrected chi connectivity index (χ0v) is 12.5. The van der Waals surface area contributed by atoms with Crippen LogP contribution in [-0.2, 0) is 4.79 Å². The zero-order chi connectivity index (χ0) is 15.2. The third kappa shape index (κ3) is 6.36. The first kappa shape index (κ1) is 16.2. The van der Waals surface area contributed by atoms with Gasteiger partial charge in [0.15, 0.2) is 0 Å². The predicted octanol–water partition coefficient (Wildman–Crippen LogP) is 2.57. The Morgan fingerprint density at radius 3 is 2.70 bits per heavy atom. The van der Waals surface area contributed by atoms with Crippen LogP contribution >= 0.6 is 0 Å². The van der Waals surface area contributed by atoms with Gasteiger partial charge in [-0.05, 0) is 18.8 Å². The fourth-order valence-corrected chi connectivity index (χ4v) is 1.97. The summed E-state index contributed by atoms with van der Waals surface area (Å²) >= 11 is 0. The highest BCUT2D eigenvalue weighted by Gasteiger charge is 2.21. The van der Waals surface area contributed by atoms with E-state index in [1.54, 1.807) is 6.20 Å². The number of aromatic nitrogens is 2. The molecule has 0 aliphatic rings. The normalized spacial score (nSPS) is 12.8. The Morgan fingerprint density at radius 2 is 2.15 bits per heavy atom. The molecule has 0 amide bonds. The first-order valence-electron chi connectivity index (χ1n) is 6.73. The van der Waals surface area contributed by atoms with Crippen LogP contribution in [0, 0.1) is 5.41 Å². The molecule has 112 valence electrons. The summed E-state index contributed by atoms with van der Waals surface area (Å²) in [5.41, 5.74) is 0.0259. The van der Waals surface area contributed by atoms with Crippen LogP contribution in [0.3, 0.4) is 0 Å². The van der Waals surface area contributed by atoms with Gasteiger partial charge in [-0.1, -0.05) is 20.8 Å². The smallest absolute Gasteiger partial charge is 0.305 e. The average Bonchev–Trinajstić information content (AvgIpc) is 2.26. The summed E-state index contributed by atoms with van der Waals surface area (Å²) in [5, 5.41) is 12.1. The lowest BCUT2D eigenvalue weighted by atomic mass is 9.87. The van der Waals surface area contributed by atoms with Crippen molar-refractivity contribution in [2.45, 2.75) is 46.6 Å². The van der Waals surface area contributed by atoms with Crippen LogP contribution in [0.4, 0.5) is 5.82 Å². The highest BCUT2D eigenvalue weighted by molar-refractivity contribution is 5.68. The molecule has 1 rings (SSSR count). The lowest BCUT2D eigenvalue weighted by Crippen LogP contribution is -2.28. The van der Waals surface area contributed by atoms with E-state index in [1.165, 1.54) is 6.20 Å². The molecule has 1 aromatic heterocycles. The van der Waals surface area contributed by atoms with Gasteiger partial charge in [0.2, 0.25) is 5.88 Å². The minimum Gasteiger partial charge on any atom is -0.481 e. The van der Waals surface area contributed by atoms with Crippen molar-refractivity contribution in [3.63, 3.8) is 0 Å². The Bertz CT molecular complexity index is 444. The second-order valence-corrected chi connectivity index (χ2v) is 5.88. The predicted molar refractivity (Wildman–Crippen MR) is 76.9 cm³/mol. The number of rotatable bonds is 7. The Hall–Kier alpha value is -1.85. The van der Waals surface area contributed by atoms with Gasteiger partial charge in [-0.15, -0.1) is 0 Å². The van der Waals surface area contributed by atoms with Gasteiger partial charge in [-0.2, -0.15) is 4.98 Å². The van der Waals surface area contributed by atoms with E-state index in [9.17, 15) is 4.79 Å². The van der Waals surface area contributed by atoms with Gasteiger partial charge in [0.1, 0.15) is 5.82 Å². The van der Waals surface area contributed by atoms with Gasteiger partial charge in [-0.25, -0.2) is 0 Å². The van der Waals surface area contributed by atoms with E-state index in [1.807, 2.05) is 6.92 Å². The summed E-state index contributed by atoms with van der Waals surface area (Å²) in [6.45, 7) is 8.61. The van der Waals surface area contributed by atoms with Crippen molar-refractivity contribution in [2.75, 3.05) is 11.9 Å². The second kappa shape index (κ2) is 7.07. The molecule has 6 nitrogen and oxygen atoms in total. The number of carboxylic acids is 1. The summed E-state index contributed by atoms with van der Waals surface area (Å²) in [6, 6.07) is -0.196. The number of aliphatic carboxylic acids is 1. The first-order valence-corrected chi connectivity index (χ1v) is 6.73. The molecule has 1 aromatic rings. The fraction of sp³-hybridized carbons (Fsp3) is 0.643. The van der Waals surface area contributed by atoms with Gasteiger partial charge >= 0.3 is 5.97 Å². The van der Waals surface area contributed by atoms with E-state index in [2.05, 4.69) is 36.1 Å². The molecule has 1 heterocycles. The Morgan fingerprint density at radius 1 is 1.45 bits per heavy atom. The summed E-state index contributed by atoms with van der Waals surface area (Å²) < 4.78 is 5.28. The summed E-state index contributed by atoms with van der Waals surface area (Å²) in [4.78, 5) is 19.2. The topological polar surface area (TPSA) is 84.3 Å². The molecule has 0 radical (unpaired) electrons. The van der Waals surface area contributed by atoms with Crippen LogP contribution in [0.15, 0.2) is 12.4 Å². The van der Waals surface area contributed by atoms with Gasteiger partial charge in [0, 0.05) is 6.04 Å². The number of hydrogen-bond donors (Lipinski definition) is 2. The van der Waals surface area contributed by atoms with Gasteiger partial charge in [0.25, 0.3) is 0 Å². The van der Waals surface area contributed by atoms with E-state index < -0.39 is 5.97 Å². The third-order valence-electron chi connectivity index (χ3n) is 2.54. The van der Waals surface area contributed by atoms with E-state index in [4.69, 9.17) is 9.84 Å². The molecule has 0 fully saturated rings. The molecule has 0 saturated carbocycles. The Kier molecular flexibility index (Phi) is 5.73. The Balaban J connectivity index is 2.77. The van der Waals surface area contributed by atoms with Crippen molar-refractivity contribution in [3.05, 3.63) is 12.4 Å². The number of carbonyl (C=O) groups is 1. The molecule has 0 bridgehead atoms. The van der Waals surface area contributed by atoms with E-state index in [0.29, 0.717) is 18.3 Å². The molecule has 0 spiro atoms. The molecule has 2 N–H and O–H groups in total. The summed E-state index contributed by atoms with van der Waals surface area (Å²) in [6.07, 6.45) is 3.86. The van der Waals surface area contributed by atoms with E-state index in [0.717, 1.165) is 6.42 Å². The maximum absolute atomic E-state index is 11.0. The maximum atomic E-state index is 11.0. The number of anilines is 1. The van der Waals surface area contributed by atoms with Crippen molar-refractivity contribution in [1.29, 1.82) is 0 Å². The largest absolute Gasteiger partial charge is 0.481 e. The summed E-state index contributed by atoms with van der Waals surface area (Å²) in [5.74, 6) is 0.134. The summed E-state index contributed by atoms with van der Waals surface area (Å²) in [7, 11) is 0. The minimum atomic E-state index is -0.833. The maximum Gasteiger partial charge on any atom is 0.305 e. The van der Waals surface area contributed by atoms with Gasteiger partial charge in [-0.3, -0.25) is 9.78 Å². The molecule has 0 aliphatic heterocycles. The van der Waals surface area contributed by atoms with Crippen molar-refractivity contribution < 1.29 is 14.6 Å². The molecule has 6 heteroatoms. The van der Waals surface area contributed by atoms with E-state index >= 15 is 0 Å². The Labute approximate surface area is 119 Å². The second-order valence-electron chi connectivity index (χ2n) is 5.88. The van der Waals surface area contributed by atoms with Crippen LogP contribution in [0.1, 0.15) is 40.5 Å². The van der Waals surface area contributed by atoms with Crippen LogP contribution in [0.25, 0.3) is 0 Å². The molecule has 1 atom stereocenters. The molecule has 20 heavy (non-hydrogen) atoms. The number of nitrogens with one attached hydrogen (secondary N) is 1. The van der Waals surface area contributed by atoms with Gasteiger partial charge < -0.3 is 15.2 Å². The van der Waals surface area contributed by atoms with Crippen molar-refractivity contribution in [2.24, 2.45) is 5.41 Å². The van der Waals surface area contributed by atoms with Crippen LogP contribution in [-0.4, -0.2) is 33.7 Å². The quantitative estimate of drug-likeness (QED) is 0.799. The standard InChI is InChI=1S/C14H23N3O3/c1-5-20-12-9-15-8-11(17-12)16-10(6-13(18)19)7-14(2,3)4/h8-10H,5-7H2,1-4H3,(H,16,17)(H,18,19). The average molecular weight is 281 g/mol. The fourth-order valence-electron chi connectivity index (χ4n) is 1.97. The first-order chi connectivity index (χ1) is 9.30. The third-order valence-corrected chi connectivity index (χ3v) is 2.54. The highest BCUT2D eigenvalue weighted by Crippen LogP contribution is 2.24. The highest BCUT2D eigenvalue weighted by atomic mass is 16.5. The molecule has 0 aromatic carbocycles. The SMILES string of the molecule is CCOc1cncc(NC(CC(=O)O)CC(C)(C)C)n1. The van der Waals surface area contributed by atoms with Gasteiger partial charge in [0.05, 0.1) is 25.4 Å². The lowest BCUT2D eigenvalue weighted by Gasteiger charge is -2.26. The molecular formula is C14H23N3O3. The lowest BCUT2D eigenvalue weighted by molar-refractivity contribution is -0.137. The number of nitrogens with zero attached hydrogens (tertiary/aromatic N) is 2. The number of ether oxygens (including phenoxy) is 1. The number of hydrogen-bond acceptors (Lipinski definition) is 5. The molecule has 0 saturated heterocycles. The zero-order valence-electron chi connectivity index (χ0n) is 12.5. The van der Waals surface area contributed by atoms with Crippen LogP contribution in [0.2, 0.25) is 0 Å². The van der Waals surface area contributed by atoms with Crippen LogP contribution < -0.4 is 10.1 Å².